The van der Waals surface area contributed by atoms with Gasteiger partial charge >= 0.3 is 5.97 Å². The Kier molecular flexibility index (Phi) is 3.24. The largest absolute Gasteiger partial charge is 0.480 e. The summed E-state index contributed by atoms with van der Waals surface area (Å²) in [6.45, 7) is 3.33. The molecule has 0 aromatic carbocycles. The third-order valence-corrected chi connectivity index (χ3v) is 3.14. The Labute approximate surface area is 94.0 Å². The number of rotatable bonds is 3. The number of carbonyl (C=O) groups is 1. The number of nitrogens with zero attached hydrogens (tertiary/aromatic N) is 2. The first-order valence-electron chi connectivity index (χ1n) is 5.55. The van der Waals surface area contributed by atoms with Gasteiger partial charge in [-0.3, -0.25) is 9.69 Å². The van der Waals surface area contributed by atoms with E-state index < -0.39 is 12.0 Å². The molecule has 0 amide bonds. The predicted octanol–water partition coefficient (Wildman–Crippen LogP) is 1.36. The van der Waals surface area contributed by atoms with Crippen molar-refractivity contribution in [3.63, 3.8) is 0 Å². The van der Waals surface area contributed by atoms with Crippen LogP contribution in [0, 0.1) is 5.92 Å². The van der Waals surface area contributed by atoms with Gasteiger partial charge < -0.3 is 9.63 Å². The molecular weight excluding hydrogens is 208 g/mol. The van der Waals surface area contributed by atoms with Gasteiger partial charge in [0.2, 0.25) is 0 Å². The second-order valence-corrected chi connectivity index (χ2v) is 4.35. The smallest absolute Gasteiger partial charge is 0.321 e. The van der Waals surface area contributed by atoms with E-state index in [4.69, 9.17) is 4.52 Å². The second-order valence-electron chi connectivity index (χ2n) is 4.35. The summed E-state index contributed by atoms with van der Waals surface area (Å²) in [5.74, 6) is 0.168. The predicted molar refractivity (Wildman–Crippen MR) is 56.7 cm³/mol. The van der Waals surface area contributed by atoms with Crippen LogP contribution in [0.15, 0.2) is 16.8 Å². The van der Waals surface area contributed by atoms with Crippen molar-refractivity contribution < 1.29 is 14.4 Å². The Morgan fingerprint density at radius 1 is 1.75 bits per heavy atom. The van der Waals surface area contributed by atoms with Crippen LogP contribution in [-0.2, 0) is 11.3 Å². The molecule has 5 heteroatoms. The highest BCUT2D eigenvalue weighted by atomic mass is 16.5. The molecule has 1 aromatic rings. The van der Waals surface area contributed by atoms with E-state index in [1.54, 1.807) is 12.3 Å². The fourth-order valence-corrected chi connectivity index (χ4v) is 2.37. The summed E-state index contributed by atoms with van der Waals surface area (Å²) >= 11 is 0. The molecule has 0 bridgehead atoms. The molecule has 1 aliphatic heterocycles. The van der Waals surface area contributed by atoms with Crippen LogP contribution in [0.4, 0.5) is 0 Å². The lowest BCUT2D eigenvalue weighted by Crippen LogP contribution is -2.48. The first-order valence-corrected chi connectivity index (χ1v) is 5.55. The number of carboxylic acids is 1. The highest BCUT2D eigenvalue weighted by Gasteiger charge is 2.34. The van der Waals surface area contributed by atoms with E-state index in [2.05, 4.69) is 5.16 Å². The van der Waals surface area contributed by atoms with Gasteiger partial charge in [-0.1, -0.05) is 12.1 Å². The van der Waals surface area contributed by atoms with Gasteiger partial charge in [0.25, 0.3) is 0 Å². The average Bonchev–Trinajstić information content (AvgIpc) is 2.70. The highest BCUT2D eigenvalue weighted by Crippen LogP contribution is 2.24. The van der Waals surface area contributed by atoms with Gasteiger partial charge in [0, 0.05) is 6.07 Å². The Balaban J connectivity index is 2.08. The van der Waals surface area contributed by atoms with Crippen molar-refractivity contribution in [2.45, 2.75) is 32.4 Å². The fourth-order valence-electron chi connectivity index (χ4n) is 2.37. The van der Waals surface area contributed by atoms with Gasteiger partial charge in [0.15, 0.2) is 5.76 Å². The number of aliphatic carboxylic acids is 1. The van der Waals surface area contributed by atoms with Gasteiger partial charge in [-0.25, -0.2) is 0 Å². The van der Waals surface area contributed by atoms with Crippen LogP contribution < -0.4 is 0 Å². The van der Waals surface area contributed by atoms with Gasteiger partial charge in [0.1, 0.15) is 6.04 Å². The minimum Gasteiger partial charge on any atom is -0.480 e. The molecule has 2 heterocycles. The van der Waals surface area contributed by atoms with E-state index in [0.717, 1.165) is 25.1 Å². The standard InChI is InChI=1S/C11H16N2O3/c1-8-3-2-6-13(10(8)11(14)15)7-9-4-5-12-16-9/h4-5,8,10H,2-3,6-7H2,1H3,(H,14,15). The highest BCUT2D eigenvalue weighted by molar-refractivity contribution is 5.74. The lowest BCUT2D eigenvalue weighted by molar-refractivity contribution is -0.147. The van der Waals surface area contributed by atoms with Crippen LogP contribution in [0.25, 0.3) is 0 Å². The van der Waals surface area contributed by atoms with E-state index in [0.29, 0.717) is 6.54 Å². The van der Waals surface area contributed by atoms with Crippen molar-refractivity contribution in [2.75, 3.05) is 6.54 Å². The first kappa shape index (κ1) is 11.1. The molecular formula is C11H16N2O3. The number of aromatic nitrogens is 1. The van der Waals surface area contributed by atoms with E-state index in [-0.39, 0.29) is 5.92 Å². The molecule has 0 saturated carbocycles. The van der Waals surface area contributed by atoms with Crippen LogP contribution >= 0.6 is 0 Å². The molecule has 1 aliphatic rings. The lowest BCUT2D eigenvalue weighted by Gasteiger charge is -2.36. The Hall–Kier alpha value is -1.36. The van der Waals surface area contributed by atoms with Crippen LogP contribution in [0.2, 0.25) is 0 Å². The molecule has 2 unspecified atom stereocenters. The summed E-state index contributed by atoms with van der Waals surface area (Å²) < 4.78 is 5.01. The van der Waals surface area contributed by atoms with Crippen molar-refractivity contribution in [3.05, 3.63) is 18.0 Å². The van der Waals surface area contributed by atoms with Crippen molar-refractivity contribution in [1.29, 1.82) is 0 Å². The first-order chi connectivity index (χ1) is 7.68. The number of carboxylic acid groups (broad SMARTS) is 1. The lowest BCUT2D eigenvalue weighted by atomic mass is 9.91. The summed E-state index contributed by atoms with van der Waals surface area (Å²) in [5, 5.41) is 12.8. The molecule has 88 valence electrons. The zero-order valence-corrected chi connectivity index (χ0v) is 9.30. The monoisotopic (exact) mass is 224 g/mol. The normalized spacial score (nSPS) is 26.8. The molecule has 1 saturated heterocycles. The number of hydrogen-bond donors (Lipinski definition) is 1. The SMILES string of the molecule is CC1CCCN(Cc2ccno2)C1C(=O)O. The van der Waals surface area contributed by atoms with E-state index in [9.17, 15) is 9.90 Å². The van der Waals surface area contributed by atoms with Gasteiger partial charge in [-0.2, -0.15) is 0 Å². The Morgan fingerprint density at radius 3 is 3.19 bits per heavy atom. The average molecular weight is 224 g/mol. The van der Waals surface area contributed by atoms with E-state index in [1.165, 1.54) is 0 Å². The zero-order valence-electron chi connectivity index (χ0n) is 9.30. The van der Waals surface area contributed by atoms with Crippen molar-refractivity contribution in [3.8, 4) is 0 Å². The summed E-state index contributed by atoms with van der Waals surface area (Å²) in [5.41, 5.74) is 0. The number of piperidine rings is 1. The number of hydrogen-bond acceptors (Lipinski definition) is 4. The van der Waals surface area contributed by atoms with Gasteiger partial charge in [-0.15, -0.1) is 0 Å². The van der Waals surface area contributed by atoms with Crippen molar-refractivity contribution in [2.24, 2.45) is 5.92 Å². The molecule has 1 aromatic heterocycles. The summed E-state index contributed by atoms with van der Waals surface area (Å²) in [6, 6.07) is 1.37. The maximum absolute atomic E-state index is 11.2. The van der Waals surface area contributed by atoms with E-state index >= 15 is 0 Å². The maximum Gasteiger partial charge on any atom is 0.321 e. The Bertz CT molecular complexity index is 350. The molecule has 0 radical (unpaired) electrons. The third-order valence-electron chi connectivity index (χ3n) is 3.14. The minimum absolute atomic E-state index is 0.189. The topological polar surface area (TPSA) is 66.6 Å². The van der Waals surface area contributed by atoms with Crippen molar-refractivity contribution >= 4 is 5.97 Å². The van der Waals surface area contributed by atoms with E-state index in [1.807, 2.05) is 11.8 Å². The summed E-state index contributed by atoms with van der Waals surface area (Å²) in [7, 11) is 0. The van der Waals surface area contributed by atoms with Gasteiger partial charge in [0.05, 0.1) is 12.7 Å². The number of likely N-dealkylation sites (tertiary alicyclic amines) is 1. The molecule has 16 heavy (non-hydrogen) atoms. The summed E-state index contributed by atoms with van der Waals surface area (Å²) in [4.78, 5) is 13.2. The second kappa shape index (κ2) is 4.65. The third kappa shape index (κ3) is 2.24. The van der Waals surface area contributed by atoms with Crippen LogP contribution in [-0.4, -0.2) is 33.7 Å². The van der Waals surface area contributed by atoms with Crippen LogP contribution in [0.1, 0.15) is 25.5 Å². The minimum atomic E-state index is -0.744. The zero-order chi connectivity index (χ0) is 11.5. The van der Waals surface area contributed by atoms with Crippen LogP contribution in [0.5, 0.6) is 0 Å². The maximum atomic E-state index is 11.2. The quantitative estimate of drug-likeness (QED) is 0.839. The molecule has 1 fully saturated rings. The molecule has 2 atom stereocenters. The Morgan fingerprint density at radius 2 is 2.56 bits per heavy atom. The molecule has 0 spiro atoms. The molecule has 1 N–H and O–H groups in total. The van der Waals surface area contributed by atoms with Crippen LogP contribution in [0.3, 0.4) is 0 Å². The fraction of sp³-hybridized carbons (Fsp3) is 0.636. The van der Waals surface area contributed by atoms with Gasteiger partial charge in [-0.05, 0) is 25.3 Å². The molecule has 2 rings (SSSR count). The van der Waals surface area contributed by atoms with Crippen molar-refractivity contribution in [1.82, 2.24) is 10.1 Å². The molecule has 0 aliphatic carbocycles. The molecule has 5 nitrogen and oxygen atoms in total. The summed E-state index contributed by atoms with van der Waals surface area (Å²) in [6.07, 6.45) is 3.60.